The number of carbonyl (C=O) groups is 1. The molecule has 0 aliphatic heterocycles. The molecule has 0 radical (unpaired) electrons. The third kappa shape index (κ3) is 5.43. The van der Waals surface area contributed by atoms with E-state index < -0.39 is 0 Å². The van der Waals surface area contributed by atoms with Crippen LogP contribution >= 0.6 is 0 Å². The number of hydrogen-bond acceptors (Lipinski definition) is 2. The van der Waals surface area contributed by atoms with Gasteiger partial charge >= 0.3 is 0 Å². The Labute approximate surface area is 220 Å². The average Bonchev–Trinajstić information content (AvgIpc) is 2.87. The van der Waals surface area contributed by atoms with E-state index in [4.69, 9.17) is 4.74 Å². The Balaban J connectivity index is 1.25. The quantitative estimate of drug-likeness (QED) is 0.148. The van der Waals surface area contributed by atoms with Crippen LogP contribution in [-0.4, -0.2) is 24.7 Å². The molecule has 37 heavy (non-hydrogen) atoms. The lowest BCUT2D eigenvalue weighted by molar-refractivity contribution is -0.121. The summed E-state index contributed by atoms with van der Waals surface area (Å²) in [6.45, 7) is 10.1. The molecule has 0 bridgehead atoms. The van der Waals surface area contributed by atoms with E-state index in [2.05, 4.69) is 99.7 Å². The molecular formula is C34H39NO2. The van der Waals surface area contributed by atoms with Gasteiger partial charge in [0, 0.05) is 19.6 Å². The molecule has 0 saturated carbocycles. The van der Waals surface area contributed by atoms with Gasteiger partial charge in [0.2, 0.25) is 5.91 Å². The topological polar surface area (TPSA) is 38.3 Å². The summed E-state index contributed by atoms with van der Waals surface area (Å²) in [6, 6.07) is 24.4. The average molecular weight is 494 g/mol. The first kappa shape index (κ1) is 25.5. The second-order valence-corrected chi connectivity index (χ2v) is 11.5. The molecule has 0 spiro atoms. The highest BCUT2D eigenvalue weighted by Gasteiger charge is 2.19. The van der Waals surface area contributed by atoms with Crippen molar-refractivity contribution < 1.29 is 9.53 Å². The maximum Gasteiger partial charge on any atom is 0.220 e. The van der Waals surface area contributed by atoms with Gasteiger partial charge in [-0.05, 0) is 94.1 Å². The van der Waals surface area contributed by atoms with Crippen molar-refractivity contribution in [3.8, 4) is 0 Å². The maximum absolute atomic E-state index is 12.5. The smallest absolute Gasteiger partial charge is 0.220 e. The normalized spacial score (nSPS) is 12.5. The van der Waals surface area contributed by atoms with Crippen molar-refractivity contribution >= 4 is 49.0 Å². The minimum atomic E-state index is -0.214. The zero-order valence-corrected chi connectivity index (χ0v) is 22.7. The van der Waals surface area contributed by atoms with Gasteiger partial charge in [0.25, 0.3) is 0 Å². The Morgan fingerprint density at radius 3 is 2.16 bits per heavy atom. The number of nitrogens with one attached hydrogen (secondary N) is 1. The van der Waals surface area contributed by atoms with Crippen LogP contribution in [-0.2, 0) is 16.0 Å². The Hall–Kier alpha value is -3.17. The second-order valence-electron chi connectivity index (χ2n) is 11.5. The van der Waals surface area contributed by atoms with Crippen molar-refractivity contribution in [1.82, 2.24) is 5.32 Å². The molecule has 0 atom stereocenters. The summed E-state index contributed by atoms with van der Waals surface area (Å²) in [4.78, 5) is 12.5. The van der Waals surface area contributed by atoms with E-state index in [1.165, 1.54) is 48.7 Å². The number of amides is 1. The summed E-state index contributed by atoms with van der Waals surface area (Å²) in [6.07, 6.45) is 4.16. The predicted octanol–water partition coefficient (Wildman–Crippen LogP) is 8.41. The minimum absolute atomic E-state index is 0.126. The largest absolute Gasteiger partial charge is 0.375 e. The number of aryl methyl sites for hydroxylation is 1. The molecule has 192 valence electrons. The molecule has 0 aliphatic rings. The third-order valence-corrected chi connectivity index (χ3v) is 7.70. The molecule has 5 aromatic carbocycles. The molecule has 1 N–H and O–H groups in total. The van der Waals surface area contributed by atoms with Crippen LogP contribution in [0.5, 0.6) is 0 Å². The van der Waals surface area contributed by atoms with Crippen LogP contribution in [0.25, 0.3) is 43.1 Å². The zero-order valence-electron chi connectivity index (χ0n) is 22.7. The van der Waals surface area contributed by atoms with E-state index >= 15 is 0 Å². The summed E-state index contributed by atoms with van der Waals surface area (Å²) in [5.74, 6) is 0.768. The fraction of sp³-hybridized carbons (Fsp3) is 0.382. The van der Waals surface area contributed by atoms with Gasteiger partial charge in [-0.2, -0.15) is 0 Å². The van der Waals surface area contributed by atoms with Gasteiger partial charge in [-0.1, -0.05) is 80.6 Å². The molecule has 0 aromatic heterocycles. The van der Waals surface area contributed by atoms with Gasteiger partial charge in [0.15, 0.2) is 0 Å². The minimum Gasteiger partial charge on any atom is -0.375 e. The first-order chi connectivity index (χ1) is 17.8. The van der Waals surface area contributed by atoms with Crippen molar-refractivity contribution in [1.29, 1.82) is 0 Å². The van der Waals surface area contributed by atoms with Crippen molar-refractivity contribution in [2.24, 2.45) is 5.92 Å². The molecule has 0 saturated heterocycles. The van der Waals surface area contributed by atoms with Crippen molar-refractivity contribution in [2.75, 3.05) is 13.2 Å². The lowest BCUT2D eigenvalue weighted by Gasteiger charge is -2.26. The zero-order chi connectivity index (χ0) is 26.0. The molecule has 5 rings (SSSR count). The van der Waals surface area contributed by atoms with E-state index in [1.54, 1.807) is 0 Å². The number of rotatable bonds is 11. The molecule has 0 fully saturated rings. The molecule has 5 aromatic rings. The summed E-state index contributed by atoms with van der Waals surface area (Å²) in [5, 5.41) is 13.7. The molecule has 1 amide bonds. The number of carbonyl (C=O) groups excluding carboxylic acids is 1. The van der Waals surface area contributed by atoms with Crippen LogP contribution < -0.4 is 5.32 Å². The van der Waals surface area contributed by atoms with E-state index in [0.29, 0.717) is 18.9 Å². The van der Waals surface area contributed by atoms with E-state index in [-0.39, 0.29) is 11.5 Å². The van der Waals surface area contributed by atoms with E-state index in [1.807, 2.05) is 0 Å². The SMILES string of the molecule is CC(C)CCOC(C)(C)CCNC(=O)CCCc1ccc2c3cccc4cccc(c5cccc1c52)c43. The van der Waals surface area contributed by atoms with Crippen molar-refractivity contribution in [3.05, 3.63) is 72.3 Å². The summed E-state index contributed by atoms with van der Waals surface area (Å²) < 4.78 is 6.02. The van der Waals surface area contributed by atoms with Gasteiger partial charge in [-0.3, -0.25) is 4.79 Å². The number of benzene rings is 5. The lowest BCUT2D eigenvalue weighted by atomic mass is 9.87. The van der Waals surface area contributed by atoms with Gasteiger partial charge in [-0.25, -0.2) is 0 Å². The number of fused-ring (bicyclic) bond motifs is 2. The van der Waals surface area contributed by atoms with Crippen LogP contribution in [0.4, 0.5) is 0 Å². The Morgan fingerprint density at radius 2 is 1.46 bits per heavy atom. The number of ether oxygens (including phenoxy) is 1. The van der Waals surface area contributed by atoms with Gasteiger partial charge in [-0.15, -0.1) is 0 Å². The fourth-order valence-corrected chi connectivity index (χ4v) is 5.60. The van der Waals surface area contributed by atoms with Crippen LogP contribution in [0.3, 0.4) is 0 Å². The molecule has 3 nitrogen and oxygen atoms in total. The van der Waals surface area contributed by atoms with Crippen molar-refractivity contribution in [3.63, 3.8) is 0 Å². The summed E-state index contributed by atoms with van der Waals surface area (Å²) in [7, 11) is 0. The molecule has 0 heterocycles. The molecule has 3 heteroatoms. The highest BCUT2D eigenvalue weighted by Crippen LogP contribution is 2.41. The van der Waals surface area contributed by atoms with Crippen LogP contribution in [0.1, 0.15) is 58.9 Å². The van der Waals surface area contributed by atoms with Gasteiger partial charge in [0.05, 0.1) is 5.60 Å². The lowest BCUT2D eigenvalue weighted by Crippen LogP contribution is -2.33. The molecular weight excluding hydrogens is 454 g/mol. The molecule has 0 aliphatic carbocycles. The first-order valence-corrected chi connectivity index (χ1v) is 13.8. The standard InChI is InChI=1S/C34H39NO2/c1-23(2)19-22-37-34(3,4)20-21-35-31(36)16-7-9-24-17-18-30-28-14-6-11-25-10-5-13-27(32(25)28)29-15-8-12-26(24)33(29)30/h5-6,8,10-15,17-18,23H,7,9,16,19-22H2,1-4H3,(H,35,36). The summed E-state index contributed by atoms with van der Waals surface area (Å²) in [5.41, 5.74) is 1.11. The van der Waals surface area contributed by atoms with E-state index in [9.17, 15) is 4.79 Å². The third-order valence-electron chi connectivity index (χ3n) is 7.70. The predicted molar refractivity (Wildman–Crippen MR) is 158 cm³/mol. The first-order valence-electron chi connectivity index (χ1n) is 13.8. The van der Waals surface area contributed by atoms with Crippen molar-refractivity contribution in [2.45, 2.75) is 65.4 Å². The second kappa shape index (κ2) is 10.7. The summed E-state index contributed by atoms with van der Waals surface area (Å²) >= 11 is 0. The number of hydrogen-bond donors (Lipinski definition) is 1. The van der Waals surface area contributed by atoms with Crippen LogP contribution in [0, 0.1) is 5.92 Å². The van der Waals surface area contributed by atoms with Crippen LogP contribution in [0.15, 0.2) is 66.7 Å². The highest BCUT2D eigenvalue weighted by molar-refractivity contribution is 6.33. The molecule has 0 unspecified atom stereocenters. The van der Waals surface area contributed by atoms with E-state index in [0.717, 1.165) is 32.3 Å². The highest BCUT2D eigenvalue weighted by atomic mass is 16.5. The van der Waals surface area contributed by atoms with Crippen LogP contribution in [0.2, 0.25) is 0 Å². The monoisotopic (exact) mass is 493 g/mol. The Bertz CT molecular complexity index is 1480. The van der Waals surface area contributed by atoms with Gasteiger partial charge in [0.1, 0.15) is 0 Å². The maximum atomic E-state index is 12.5. The van der Waals surface area contributed by atoms with Gasteiger partial charge < -0.3 is 10.1 Å². The Kier molecular flexibility index (Phi) is 7.35. The fourth-order valence-electron chi connectivity index (χ4n) is 5.60. The Morgan fingerprint density at radius 1 is 0.838 bits per heavy atom.